The lowest BCUT2D eigenvalue weighted by molar-refractivity contribution is 0.378. The molecule has 1 aliphatic rings. The fourth-order valence-electron chi connectivity index (χ4n) is 3.07. The lowest BCUT2D eigenvalue weighted by Gasteiger charge is -2.33. The second-order valence-electron chi connectivity index (χ2n) is 6.08. The molecule has 0 aliphatic heterocycles. The Bertz CT molecular complexity index is 763. The summed E-state index contributed by atoms with van der Waals surface area (Å²) in [6.45, 7) is 0. The van der Waals surface area contributed by atoms with Crippen molar-refractivity contribution in [2.75, 3.05) is 5.32 Å². The van der Waals surface area contributed by atoms with Crippen LogP contribution in [-0.4, -0.2) is 20.5 Å². The second-order valence-corrected chi connectivity index (χ2v) is 8.23. The van der Waals surface area contributed by atoms with E-state index in [9.17, 15) is 8.42 Å². The van der Waals surface area contributed by atoms with Gasteiger partial charge in [-0.2, -0.15) is 0 Å². The van der Waals surface area contributed by atoms with Crippen molar-refractivity contribution in [3.05, 3.63) is 59.6 Å². The van der Waals surface area contributed by atoms with Crippen LogP contribution in [0.15, 0.2) is 59.5 Å². The van der Waals surface area contributed by atoms with E-state index in [1.54, 1.807) is 24.3 Å². The predicted molar refractivity (Wildman–Crippen MR) is 97.9 cm³/mol. The van der Waals surface area contributed by atoms with Gasteiger partial charge in [0, 0.05) is 22.8 Å². The highest BCUT2D eigenvalue weighted by Crippen LogP contribution is 2.24. The van der Waals surface area contributed by atoms with Crippen molar-refractivity contribution in [2.24, 2.45) is 0 Å². The molecule has 2 aromatic rings. The second kappa shape index (κ2) is 7.55. The van der Waals surface area contributed by atoms with Gasteiger partial charge in [-0.25, -0.2) is 13.1 Å². The summed E-state index contributed by atoms with van der Waals surface area (Å²) >= 11 is 5.92. The molecule has 0 bridgehead atoms. The van der Waals surface area contributed by atoms with Crippen LogP contribution in [-0.2, 0) is 10.0 Å². The lowest BCUT2D eigenvalue weighted by Crippen LogP contribution is -2.48. The molecule has 0 aromatic heterocycles. The number of sulfonamides is 1. The first-order valence-electron chi connectivity index (χ1n) is 8.14. The Labute approximate surface area is 148 Å². The number of halogens is 1. The van der Waals surface area contributed by atoms with Crippen LogP contribution in [0.3, 0.4) is 0 Å². The molecule has 0 spiro atoms. The Morgan fingerprint density at radius 1 is 0.875 bits per heavy atom. The van der Waals surface area contributed by atoms with Gasteiger partial charge in [0.2, 0.25) is 10.0 Å². The average Bonchev–Trinajstić information content (AvgIpc) is 2.59. The van der Waals surface area contributed by atoms with Crippen LogP contribution in [0.5, 0.6) is 0 Å². The fraction of sp³-hybridized carbons (Fsp3) is 0.333. The van der Waals surface area contributed by atoms with Crippen molar-refractivity contribution >= 4 is 27.3 Å². The Morgan fingerprint density at radius 3 is 2.17 bits per heavy atom. The van der Waals surface area contributed by atoms with Crippen molar-refractivity contribution in [1.82, 2.24) is 4.72 Å². The van der Waals surface area contributed by atoms with Crippen LogP contribution in [0.2, 0.25) is 5.02 Å². The Kier molecular flexibility index (Phi) is 5.43. The summed E-state index contributed by atoms with van der Waals surface area (Å²) in [5, 5.41) is 4.13. The normalized spacial score (nSPS) is 21.4. The van der Waals surface area contributed by atoms with Crippen molar-refractivity contribution in [3.63, 3.8) is 0 Å². The van der Waals surface area contributed by atoms with Crippen molar-refractivity contribution in [1.29, 1.82) is 0 Å². The maximum Gasteiger partial charge on any atom is 0.240 e. The minimum atomic E-state index is -3.50. The van der Waals surface area contributed by atoms with E-state index in [4.69, 9.17) is 11.6 Å². The van der Waals surface area contributed by atoms with Crippen LogP contribution >= 0.6 is 11.6 Å². The molecule has 6 heteroatoms. The number of nitrogens with one attached hydrogen (secondary N) is 2. The van der Waals surface area contributed by atoms with Gasteiger partial charge in [-0.1, -0.05) is 42.6 Å². The number of hydrogen-bond acceptors (Lipinski definition) is 3. The van der Waals surface area contributed by atoms with E-state index < -0.39 is 10.0 Å². The Morgan fingerprint density at radius 2 is 1.50 bits per heavy atom. The monoisotopic (exact) mass is 364 g/mol. The van der Waals surface area contributed by atoms with Crippen molar-refractivity contribution < 1.29 is 8.42 Å². The van der Waals surface area contributed by atoms with Crippen LogP contribution in [0.25, 0.3) is 0 Å². The maximum atomic E-state index is 12.6. The third kappa shape index (κ3) is 4.29. The molecule has 1 saturated carbocycles. The summed E-state index contributed by atoms with van der Waals surface area (Å²) in [7, 11) is -3.50. The van der Waals surface area contributed by atoms with E-state index in [0.29, 0.717) is 9.92 Å². The summed E-state index contributed by atoms with van der Waals surface area (Å²) in [5.74, 6) is 0. The third-order valence-corrected chi connectivity index (χ3v) is 6.08. The highest BCUT2D eigenvalue weighted by molar-refractivity contribution is 7.89. The zero-order valence-corrected chi connectivity index (χ0v) is 14.9. The molecule has 0 unspecified atom stereocenters. The van der Waals surface area contributed by atoms with Crippen LogP contribution in [0.1, 0.15) is 25.7 Å². The molecule has 0 saturated heterocycles. The molecule has 0 radical (unpaired) electrons. The fourth-order valence-corrected chi connectivity index (χ4v) is 4.53. The molecular weight excluding hydrogens is 344 g/mol. The largest absolute Gasteiger partial charge is 0.381 e. The Hall–Kier alpha value is -1.56. The van der Waals surface area contributed by atoms with Gasteiger partial charge in [0.15, 0.2) is 0 Å². The predicted octanol–water partition coefficient (Wildman–Crippen LogP) is 4.04. The first kappa shape index (κ1) is 17.3. The molecule has 2 aromatic carbocycles. The van der Waals surface area contributed by atoms with E-state index in [1.165, 1.54) is 0 Å². The van der Waals surface area contributed by atoms with E-state index in [-0.39, 0.29) is 12.1 Å². The van der Waals surface area contributed by atoms with Gasteiger partial charge in [0.05, 0.1) is 4.90 Å². The number of hydrogen-bond donors (Lipinski definition) is 2. The Balaban J connectivity index is 1.74. The number of anilines is 1. The minimum Gasteiger partial charge on any atom is -0.381 e. The highest BCUT2D eigenvalue weighted by atomic mass is 35.5. The van der Waals surface area contributed by atoms with Crippen LogP contribution in [0, 0.1) is 0 Å². The SMILES string of the molecule is O=S(=O)(N[C@H]1CCCC[C@H]1Nc1ccc(Cl)cc1)c1ccccc1. The molecule has 0 amide bonds. The smallest absolute Gasteiger partial charge is 0.240 e. The average molecular weight is 365 g/mol. The van der Waals surface area contributed by atoms with E-state index in [2.05, 4.69) is 10.0 Å². The van der Waals surface area contributed by atoms with E-state index >= 15 is 0 Å². The van der Waals surface area contributed by atoms with Gasteiger partial charge in [-0.15, -0.1) is 0 Å². The molecule has 3 rings (SSSR count). The summed E-state index contributed by atoms with van der Waals surface area (Å²) < 4.78 is 28.1. The topological polar surface area (TPSA) is 58.2 Å². The molecule has 2 N–H and O–H groups in total. The molecule has 4 nitrogen and oxygen atoms in total. The van der Waals surface area contributed by atoms with Gasteiger partial charge >= 0.3 is 0 Å². The van der Waals surface area contributed by atoms with Crippen molar-refractivity contribution in [2.45, 2.75) is 42.7 Å². The lowest BCUT2D eigenvalue weighted by atomic mass is 9.91. The summed E-state index contributed by atoms with van der Waals surface area (Å²) in [4.78, 5) is 0.306. The third-order valence-electron chi connectivity index (χ3n) is 4.32. The van der Waals surface area contributed by atoms with Crippen molar-refractivity contribution in [3.8, 4) is 0 Å². The summed E-state index contributed by atoms with van der Waals surface area (Å²) in [5.41, 5.74) is 0.954. The van der Waals surface area contributed by atoms with Gasteiger partial charge in [0.25, 0.3) is 0 Å². The molecule has 128 valence electrons. The van der Waals surface area contributed by atoms with Crippen LogP contribution in [0.4, 0.5) is 5.69 Å². The first-order chi connectivity index (χ1) is 11.5. The van der Waals surface area contributed by atoms with Gasteiger partial charge in [-0.05, 0) is 49.2 Å². The van der Waals surface area contributed by atoms with Crippen LogP contribution < -0.4 is 10.0 Å². The number of benzene rings is 2. The van der Waals surface area contributed by atoms with Gasteiger partial charge < -0.3 is 5.32 Å². The molecule has 1 fully saturated rings. The molecule has 2 atom stereocenters. The molecule has 24 heavy (non-hydrogen) atoms. The molecule has 1 aliphatic carbocycles. The summed E-state index contributed by atoms with van der Waals surface area (Å²) in [6, 6.07) is 15.9. The van der Waals surface area contributed by atoms with E-state index in [0.717, 1.165) is 31.4 Å². The minimum absolute atomic E-state index is 0.0680. The zero-order valence-electron chi connectivity index (χ0n) is 13.3. The molecule has 0 heterocycles. The standard InChI is InChI=1S/C18H21ClN2O2S/c19-14-10-12-15(13-11-14)20-17-8-4-5-9-18(17)21-24(22,23)16-6-2-1-3-7-16/h1-3,6-7,10-13,17-18,20-21H,4-5,8-9H2/t17-,18+/m1/s1. The maximum absolute atomic E-state index is 12.6. The molecular formula is C18H21ClN2O2S. The number of rotatable bonds is 5. The van der Waals surface area contributed by atoms with E-state index in [1.807, 2.05) is 30.3 Å². The summed E-state index contributed by atoms with van der Waals surface area (Å²) in [6.07, 6.45) is 3.89. The zero-order chi connectivity index (χ0) is 17.0. The highest BCUT2D eigenvalue weighted by Gasteiger charge is 2.29. The first-order valence-corrected chi connectivity index (χ1v) is 10.0. The van der Waals surface area contributed by atoms with Gasteiger partial charge in [-0.3, -0.25) is 0 Å². The van der Waals surface area contributed by atoms with Gasteiger partial charge in [0.1, 0.15) is 0 Å². The quantitative estimate of drug-likeness (QED) is 0.841.